The Labute approximate surface area is 226 Å². The summed E-state index contributed by atoms with van der Waals surface area (Å²) in [7, 11) is 1.35. The Balaban J connectivity index is 1.54. The first-order chi connectivity index (χ1) is 18.8. The number of ketones is 1. The molecule has 0 aliphatic carbocycles. The van der Waals surface area contributed by atoms with Crippen LogP contribution in [-0.2, 0) is 11.3 Å². The predicted octanol–water partition coefficient (Wildman–Crippen LogP) is 2.96. The van der Waals surface area contributed by atoms with Gasteiger partial charge in [-0.25, -0.2) is 4.39 Å². The van der Waals surface area contributed by atoms with Gasteiger partial charge in [-0.3, -0.25) is 23.7 Å². The van der Waals surface area contributed by atoms with Gasteiger partial charge < -0.3 is 20.1 Å². The van der Waals surface area contributed by atoms with Gasteiger partial charge in [0.05, 0.1) is 23.9 Å². The standard InChI is InChI=1S/C28H26FN3O6S/c1-38-24-23-25(39-26(24)27(36)30-18-9-11-31(12-10-18)22(35)15-33)19-13-17(29)7-8-20(19)32(28(23)37)14-21(34)16-5-3-2-4-6-16/h2-8,13,18,33H,9-12,14-15H2,1H3,(H,30,36). The van der Waals surface area contributed by atoms with E-state index in [1.807, 2.05) is 0 Å². The molecule has 0 radical (unpaired) electrons. The maximum absolute atomic E-state index is 14.4. The summed E-state index contributed by atoms with van der Waals surface area (Å²) in [6, 6.07) is 12.3. The Hall–Kier alpha value is -4.09. The number of nitrogens with zero attached hydrogens (tertiary/aromatic N) is 2. The number of rotatable bonds is 7. The summed E-state index contributed by atoms with van der Waals surface area (Å²) in [4.78, 5) is 53.6. The predicted molar refractivity (Wildman–Crippen MR) is 145 cm³/mol. The Morgan fingerprint density at radius 3 is 2.51 bits per heavy atom. The van der Waals surface area contributed by atoms with Crippen molar-refractivity contribution in [2.75, 3.05) is 26.8 Å². The zero-order chi connectivity index (χ0) is 27.7. The molecule has 0 saturated carbocycles. The highest BCUT2D eigenvalue weighted by molar-refractivity contribution is 7.22. The van der Waals surface area contributed by atoms with E-state index in [1.54, 1.807) is 35.2 Å². The number of aromatic nitrogens is 1. The number of hydrogen-bond donors (Lipinski definition) is 2. The third-order valence-electron chi connectivity index (χ3n) is 6.94. The number of carbonyl (C=O) groups excluding carboxylic acids is 3. The number of pyridine rings is 1. The molecule has 1 aliphatic heterocycles. The van der Waals surface area contributed by atoms with Gasteiger partial charge in [0.25, 0.3) is 11.5 Å². The van der Waals surface area contributed by atoms with Crippen LogP contribution in [0.4, 0.5) is 4.39 Å². The van der Waals surface area contributed by atoms with E-state index in [9.17, 15) is 23.6 Å². The van der Waals surface area contributed by atoms with E-state index in [1.165, 1.54) is 29.9 Å². The highest BCUT2D eigenvalue weighted by atomic mass is 32.1. The number of piperidine rings is 1. The average Bonchev–Trinajstić information content (AvgIpc) is 3.36. The number of methoxy groups -OCH3 is 1. The van der Waals surface area contributed by atoms with Gasteiger partial charge in [0.2, 0.25) is 5.91 Å². The maximum atomic E-state index is 14.4. The third kappa shape index (κ3) is 5.02. The zero-order valence-corrected chi connectivity index (χ0v) is 21.9. The molecule has 2 aromatic heterocycles. The van der Waals surface area contributed by atoms with Crippen LogP contribution in [0.1, 0.15) is 32.9 Å². The van der Waals surface area contributed by atoms with Crippen LogP contribution in [0, 0.1) is 5.82 Å². The molecular weight excluding hydrogens is 525 g/mol. The van der Waals surface area contributed by atoms with E-state index >= 15 is 0 Å². The maximum Gasteiger partial charge on any atom is 0.265 e. The molecule has 11 heteroatoms. The van der Waals surface area contributed by atoms with Gasteiger partial charge in [0.15, 0.2) is 11.5 Å². The summed E-state index contributed by atoms with van der Waals surface area (Å²) < 4.78 is 21.6. The monoisotopic (exact) mass is 551 g/mol. The minimum Gasteiger partial charge on any atom is -0.494 e. The van der Waals surface area contributed by atoms with Crippen molar-refractivity contribution in [2.45, 2.75) is 25.4 Å². The van der Waals surface area contributed by atoms with E-state index in [2.05, 4.69) is 5.32 Å². The fourth-order valence-corrected chi connectivity index (χ4v) is 6.14. The van der Waals surface area contributed by atoms with Crippen molar-refractivity contribution in [3.05, 3.63) is 75.1 Å². The van der Waals surface area contributed by atoms with Crippen LogP contribution in [0.2, 0.25) is 0 Å². The van der Waals surface area contributed by atoms with Gasteiger partial charge in [-0.1, -0.05) is 30.3 Å². The van der Waals surface area contributed by atoms with Crippen molar-refractivity contribution in [1.82, 2.24) is 14.8 Å². The SMILES string of the molecule is COc1c(C(=O)NC2CCN(C(=O)CO)CC2)sc2c1c(=O)n(CC(=O)c1ccccc1)c1ccc(F)cc21. The fourth-order valence-electron chi connectivity index (χ4n) is 4.95. The number of aliphatic hydroxyl groups excluding tert-OH is 1. The first-order valence-electron chi connectivity index (χ1n) is 12.4. The summed E-state index contributed by atoms with van der Waals surface area (Å²) in [5.41, 5.74) is 0.287. The lowest BCUT2D eigenvalue weighted by Crippen LogP contribution is -2.47. The van der Waals surface area contributed by atoms with Crippen LogP contribution >= 0.6 is 11.3 Å². The number of halogens is 1. The molecule has 1 saturated heterocycles. The molecule has 1 aliphatic rings. The Morgan fingerprint density at radius 1 is 1.13 bits per heavy atom. The van der Waals surface area contributed by atoms with Gasteiger partial charge in [-0.05, 0) is 31.0 Å². The molecule has 0 bridgehead atoms. The van der Waals surface area contributed by atoms with Crippen LogP contribution in [-0.4, -0.2) is 65.0 Å². The van der Waals surface area contributed by atoms with Gasteiger partial charge in [-0.15, -0.1) is 11.3 Å². The molecule has 1 fully saturated rings. The first kappa shape index (κ1) is 26.5. The fraction of sp³-hybridized carbons (Fsp3) is 0.286. The normalized spacial score (nSPS) is 14.1. The molecule has 2 amide bonds. The summed E-state index contributed by atoms with van der Waals surface area (Å²) >= 11 is 1.03. The number of aliphatic hydroxyl groups is 1. The second kappa shape index (κ2) is 11.0. The van der Waals surface area contributed by atoms with Gasteiger partial charge in [0, 0.05) is 30.1 Å². The number of ether oxygens (including phenoxy) is 1. The van der Waals surface area contributed by atoms with Gasteiger partial charge in [0.1, 0.15) is 22.7 Å². The van der Waals surface area contributed by atoms with Crippen LogP contribution in [0.15, 0.2) is 53.3 Å². The van der Waals surface area contributed by atoms with Crippen LogP contribution < -0.4 is 15.6 Å². The smallest absolute Gasteiger partial charge is 0.265 e. The minimum atomic E-state index is -0.557. The zero-order valence-electron chi connectivity index (χ0n) is 21.1. The summed E-state index contributed by atoms with van der Waals surface area (Å²) in [5.74, 6) is -1.55. The molecule has 4 aromatic rings. The van der Waals surface area contributed by atoms with E-state index in [0.29, 0.717) is 47.1 Å². The molecule has 2 aromatic carbocycles. The molecule has 5 rings (SSSR count). The van der Waals surface area contributed by atoms with Crippen LogP contribution in [0.25, 0.3) is 21.0 Å². The number of amides is 2. The number of carbonyl (C=O) groups is 3. The highest BCUT2D eigenvalue weighted by Gasteiger charge is 2.29. The second-order valence-corrected chi connectivity index (χ2v) is 10.3. The number of Topliss-reactive ketones (excluding diaryl/α,β-unsaturated/α-hetero) is 1. The Bertz CT molecular complexity index is 1640. The third-order valence-corrected chi connectivity index (χ3v) is 8.15. The molecule has 39 heavy (non-hydrogen) atoms. The second-order valence-electron chi connectivity index (χ2n) is 9.30. The summed E-state index contributed by atoms with van der Waals surface area (Å²) in [5, 5.41) is 12.5. The van der Waals surface area contributed by atoms with Crippen molar-refractivity contribution in [3.63, 3.8) is 0 Å². The lowest BCUT2D eigenvalue weighted by Gasteiger charge is -2.32. The number of likely N-dealkylation sites (tertiary alicyclic amines) is 1. The number of fused-ring (bicyclic) bond motifs is 3. The average molecular weight is 552 g/mol. The molecule has 0 atom stereocenters. The quantitative estimate of drug-likeness (QED) is 0.341. The number of hydrogen-bond acceptors (Lipinski definition) is 7. The first-order valence-corrected chi connectivity index (χ1v) is 13.2. The molecular formula is C28H26FN3O6S. The van der Waals surface area contributed by atoms with Crippen molar-refractivity contribution in [3.8, 4) is 5.75 Å². The lowest BCUT2D eigenvalue weighted by atomic mass is 10.0. The number of benzene rings is 2. The summed E-state index contributed by atoms with van der Waals surface area (Å²) in [6.45, 7) is -0.0263. The van der Waals surface area contributed by atoms with Crippen molar-refractivity contribution < 1.29 is 28.6 Å². The summed E-state index contributed by atoms with van der Waals surface area (Å²) in [6.07, 6.45) is 1.01. The molecule has 3 heterocycles. The topological polar surface area (TPSA) is 118 Å². The van der Waals surface area contributed by atoms with Gasteiger partial charge >= 0.3 is 0 Å². The molecule has 2 N–H and O–H groups in total. The van der Waals surface area contributed by atoms with Crippen LogP contribution in [0.5, 0.6) is 5.75 Å². The number of nitrogens with one attached hydrogen (secondary N) is 1. The lowest BCUT2D eigenvalue weighted by molar-refractivity contribution is -0.135. The van der Waals surface area contributed by atoms with E-state index in [0.717, 1.165) is 11.3 Å². The molecule has 0 spiro atoms. The minimum absolute atomic E-state index is 0.0671. The van der Waals surface area contributed by atoms with E-state index < -0.39 is 23.9 Å². The molecule has 0 unspecified atom stereocenters. The Morgan fingerprint density at radius 2 is 1.85 bits per heavy atom. The van der Waals surface area contributed by atoms with Crippen molar-refractivity contribution >= 4 is 49.9 Å². The van der Waals surface area contributed by atoms with Crippen LogP contribution in [0.3, 0.4) is 0 Å². The largest absolute Gasteiger partial charge is 0.494 e. The van der Waals surface area contributed by atoms with Crippen molar-refractivity contribution in [1.29, 1.82) is 0 Å². The highest BCUT2D eigenvalue weighted by Crippen LogP contribution is 2.40. The Kier molecular flexibility index (Phi) is 7.45. The van der Waals surface area contributed by atoms with E-state index in [-0.39, 0.29) is 40.3 Å². The molecule has 202 valence electrons. The van der Waals surface area contributed by atoms with Crippen molar-refractivity contribution in [2.24, 2.45) is 0 Å². The van der Waals surface area contributed by atoms with Gasteiger partial charge in [-0.2, -0.15) is 0 Å². The number of thiophene rings is 1. The molecule has 9 nitrogen and oxygen atoms in total. The van der Waals surface area contributed by atoms with E-state index in [4.69, 9.17) is 9.84 Å².